The summed E-state index contributed by atoms with van der Waals surface area (Å²) in [4.78, 5) is 15.1. The van der Waals surface area contributed by atoms with Crippen molar-refractivity contribution in [1.82, 2.24) is 0 Å². The van der Waals surface area contributed by atoms with Gasteiger partial charge in [-0.2, -0.15) is 5.26 Å². The fourth-order valence-corrected chi connectivity index (χ4v) is 5.91. The van der Waals surface area contributed by atoms with Crippen LogP contribution in [-0.4, -0.2) is 12.9 Å². The van der Waals surface area contributed by atoms with Gasteiger partial charge in [0.2, 0.25) is 0 Å². The Balaban J connectivity index is 1.62. The highest BCUT2D eigenvalue weighted by Gasteiger charge is 2.41. The molecule has 0 amide bonds. The van der Waals surface area contributed by atoms with Gasteiger partial charge in [-0.3, -0.25) is 9.69 Å². The molecule has 0 saturated carbocycles. The Morgan fingerprint density at radius 2 is 1.82 bits per heavy atom. The molecular formula is C32H29BrFN3O3. The number of nitriles is 1. The summed E-state index contributed by atoms with van der Waals surface area (Å²) in [6.07, 6.45) is 1.54. The molecule has 0 saturated heterocycles. The van der Waals surface area contributed by atoms with Gasteiger partial charge in [0.1, 0.15) is 29.7 Å². The van der Waals surface area contributed by atoms with Gasteiger partial charge in [0, 0.05) is 22.2 Å². The van der Waals surface area contributed by atoms with Gasteiger partial charge < -0.3 is 15.2 Å². The molecule has 2 N–H and O–H groups in total. The summed E-state index contributed by atoms with van der Waals surface area (Å²) in [6.45, 7) is 4.25. The van der Waals surface area contributed by atoms with Gasteiger partial charge in [0.05, 0.1) is 30.4 Å². The number of ether oxygens (including phenoxy) is 2. The van der Waals surface area contributed by atoms with Crippen molar-refractivity contribution in [3.63, 3.8) is 0 Å². The summed E-state index contributed by atoms with van der Waals surface area (Å²) in [6, 6.07) is 18.4. The smallest absolute Gasteiger partial charge is 0.161 e. The van der Waals surface area contributed by atoms with E-state index in [0.717, 1.165) is 28.0 Å². The highest BCUT2D eigenvalue weighted by Crippen LogP contribution is 2.48. The summed E-state index contributed by atoms with van der Waals surface area (Å²) in [7, 11) is 1.61. The average molecular weight is 603 g/mol. The van der Waals surface area contributed by atoms with E-state index in [0.29, 0.717) is 47.4 Å². The third-order valence-electron chi connectivity index (χ3n) is 7.53. The van der Waals surface area contributed by atoms with Gasteiger partial charge in [-0.15, -0.1) is 0 Å². The molecule has 6 nitrogen and oxygen atoms in total. The number of benzene rings is 3. The molecule has 3 aromatic carbocycles. The quantitative estimate of drug-likeness (QED) is 0.324. The summed E-state index contributed by atoms with van der Waals surface area (Å²) < 4.78 is 27.1. The van der Waals surface area contributed by atoms with Gasteiger partial charge in [0.15, 0.2) is 5.78 Å². The number of carbonyl (C=O) groups is 1. The maximum absolute atomic E-state index is 15.2. The first-order chi connectivity index (χ1) is 19.2. The summed E-state index contributed by atoms with van der Waals surface area (Å²) >= 11 is 3.30. The van der Waals surface area contributed by atoms with E-state index in [1.807, 2.05) is 50.2 Å². The third-order valence-corrected chi connectivity index (χ3v) is 8.02. The van der Waals surface area contributed by atoms with Crippen LogP contribution < -0.4 is 20.1 Å². The molecule has 1 heterocycles. The highest BCUT2D eigenvalue weighted by molar-refractivity contribution is 9.10. The van der Waals surface area contributed by atoms with Crippen molar-refractivity contribution in [2.45, 2.75) is 45.6 Å². The van der Waals surface area contributed by atoms with Crippen molar-refractivity contribution in [2.75, 3.05) is 12.0 Å². The number of ketones is 1. The lowest BCUT2D eigenvalue weighted by molar-refractivity contribution is -0.116. The standard InChI is InChI=1S/C32H29BrFN3O3/c1-18-13-20(17-40-23-10-8-22(39-3)9-11-23)19(2)24(14-18)30-25(16-35)32(36)37(27-12-7-21(33)15-26(27)34)28-5-4-6-29(38)31(28)30/h7-15,30H,4-6,17,36H2,1-3H3. The Morgan fingerprint density at radius 1 is 1.10 bits per heavy atom. The van der Waals surface area contributed by atoms with E-state index in [9.17, 15) is 10.1 Å². The van der Waals surface area contributed by atoms with Crippen LogP contribution in [0.2, 0.25) is 0 Å². The van der Waals surface area contributed by atoms with E-state index in [4.69, 9.17) is 15.2 Å². The first-order valence-corrected chi connectivity index (χ1v) is 13.8. The van der Waals surface area contributed by atoms with Crippen molar-refractivity contribution < 1.29 is 18.7 Å². The van der Waals surface area contributed by atoms with Gasteiger partial charge in [-0.05, 0) is 85.8 Å². The number of hydrogen-bond acceptors (Lipinski definition) is 6. The summed E-state index contributed by atoms with van der Waals surface area (Å²) in [5.74, 6) is 0.377. The van der Waals surface area contributed by atoms with E-state index in [-0.39, 0.29) is 22.9 Å². The van der Waals surface area contributed by atoms with Crippen LogP contribution in [0.5, 0.6) is 11.5 Å². The Bertz CT molecular complexity index is 1600. The number of aryl methyl sites for hydroxylation is 1. The van der Waals surface area contributed by atoms with E-state index in [1.54, 1.807) is 24.1 Å². The zero-order valence-electron chi connectivity index (χ0n) is 22.6. The van der Waals surface area contributed by atoms with Crippen LogP contribution in [0.1, 0.15) is 47.4 Å². The molecule has 204 valence electrons. The minimum atomic E-state index is -0.651. The summed E-state index contributed by atoms with van der Waals surface area (Å²) in [5.41, 5.74) is 11.9. The predicted molar refractivity (Wildman–Crippen MR) is 155 cm³/mol. The fourth-order valence-electron chi connectivity index (χ4n) is 5.58. The first kappa shape index (κ1) is 27.5. The number of anilines is 1. The molecule has 1 unspecified atom stereocenters. The van der Waals surface area contributed by atoms with Crippen LogP contribution in [0.3, 0.4) is 0 Å². The van der Waals surface area contributed by atoms with Crippen LogP contribution in [0.25, 0.3) is 0 Å². The lowest BCUT2D eigenvalue weighted by Crippen LogP contribution is -2.39. The molecule has 3 aromatic rings. The van der Waals surface area contributed by atoms with Crippen molar-refractivity contribution in [2.24, 2.45) is 5.73 Å². The topological polar surface area (TPSA) is 88.6 Å². The van der Waals surface area contributed by atoms with Crippen LogP contribution >= 0.6 is 15.9 Å². The van der Waals surface area contributed by atoms with Gasteiger partial charge in [0.25, 0.3) is 0 Å². The monoisotopic (exact) mass is 601 g/mol. The summed E-state index contributed by atoms with van der Waals surface area (Å²) in [5, 5.41) is 10.4. The number of carbonyl (C=O) groups excluding carboxylic acids is 1. The fraction of sp³-hybridized carbons (Fsp3) is 0.250. The molecule has 8 heteroatoms. The molecule has 0 radical (unpaired) electrons. The first-order valence-electron chi connectivity index (χ1n) is 13.0. The van der Waals surface area contributed by atoms with Crippen LogP contribution in [0.4, 0.5) is 10.1 Å². The molecule has 5 rings (SSSR count). The largest absolute Gasteiger partial charge is 0.497 e. The lowest BCUT2D eigenvalue weighted by atomic mass is 9.73. The number of allylic oxidation sites excluding steroid dienone is 3. The molecule has 40 heavy (non-hydrogen) atoms. The van der Waals surface area contributed by atoms with E-state index >= 15 is 4.39 Å². The van der Waals surface area contributed by atoms with Crippen LogP contribution in [0, 0.1) is 31.0 Å². The molecule has 0 fully saturated rings. The minimum Gasteiger partial charge on any atom is -0.497 e. The third kappa shape index (κ3) is 4.98. The average Bonchev–Trinajstić information content (AvgIpc) is 2.94. The number of methoxy groups -OCH3 is 1. The molecule has 0 bridgehead atoms. The maximum atomic E-state index is 15.2. The SMILES string of the molecule is COc1ccc(OCc2cc(C)cc(C3C(C#N)=C(N)N(c4ccc(Br)cc4F)C4=C3C(=O)CCC4)c2C)cc1. The number of hydrogen-bond donors (Lipinski definition) is 1. The number of nitrogens with zero attached hydrogens (tertiary/aromatic N) is 2. The van der Waals surface area contributed by atoms with Crippen molar-refractivity contribution in [3.05, 3.63) is 110 Å². The van der Waals surface area contributed by atoms with Gasteiger partial charge in [-0.1, -0.05) is 33.6 Å². The second-order valence-electron chi connectivity index (χ2n) is 10.0. The Morgan fingerprint density at radius 3 is 2.50 bits per heavy atom. The Kier molecular flexibility index (Phi) is 7.68. The van der Waals surface area contributed by atoms with Crippen LogP contribution in [-0.2, 0) is 11.4 Å². The van der Waals surface area contributed by atoms with E-state index in [2.05, 4.69) is 22.0 Å². The Labute approximate surface area is 241 Å². The molecule has 1 atom stereocenters. The number of halogens is 2. The zero-order valence-corrected chi connectivity index (χ0v) is 24.1. The molecule has 2 aliphatic rings. The number of nitrogens with two attached hydrogens (primary N) is 1. The molecule has 0 spiro atoms. The van der Waals surface area contributed by atoms with Gasteiger partial charge >= 0.3 is 0 Å². The molecular weight excluding hydrogens is 573 g/mol. The second kappa shape index (κ2) is 11.2. The van der Waals surface area contributed by atoms with Crippen LogP contribution in [0.15, 0.2) is 81.7 Å². The lowest BCUT2D eigenvalue weighted by Gasteiger charge is -2.40. The van der Waals surface area contributed by atoms with Crippen molar-refractivity contribution in [1.29, 1.82) is 5.26 Å². The van der Waals surface area contributed by atoms with Crippen molar-refractivity contribution in [3.8, 4) is 17.6 Å². The number of rotatable bonds is 6. The minimum absolute atomic E-state index is 0.0500. The highest BCUT2D eigenvalue weighted by atomic mass is 79.9. The predicted octanol–water partition coefficient (Wildman–Crippen LogP) is 7.10. The Hall–Kier alpha value is -4.09. The second-order valence-corrected chi connectivity index (χ2v) is 10.9. The van der Waals surface area contributed by atoms with E-state index < -0.39 is 11.7 Å². The maximum Gasteiger partial charge on any atom is 0.161 e. The zero-order chi connectivity index (χ0) is 28.6. The normalized spacial score (nSPS) is 17.1. The molecule has 1 aliphatic heterocycles. The molecule has 0 aromatic heterocycles. The van der Waals surface area contributed by atoms with E-state index in [1.165, 1.54) is 6.07 Å². The van der Waals surface area contributed by atoms with Crippen molar-refractivity contribution >= 4 is 27.4 Å². The number of Topliss-reactive ketones (excluding diaryl/α,β-unsaturated/α-hetero) is 1. The molecule has 1 aliphatic carbocycles. The van der Waals surface area contributed by atoms with Gasteiger partial charge in [-0.25, -0.2) is 4.39 Å².